The number of pyridine rings is 1. The van der Waals surface area contributed by atoms with Crippen molar-refractivity contribution in [3.05, 3.63) is 40.7 Å². The molecule has 16 heavy (non-hydrogen) atoms. The number of fused-ring (bicyclic) bond motifs is 1. The zero-order chi connectivity index (χ0) is 11.7. The van der Waals surface area contributed by atoms with Gasteiger partial charge in [0.1, 0.15) is 5.15 Å². The average Bonchev–Trinajstić information content (AvgIpc) is 2.23. The number of halogens is 1. The molecule has 1 nitrogen and oxygen atoms in total. The smallest absolute Gasteiger partial charge is 0.136 e. The molecule has 0 saturated carbocycles. The van der Waals surface area contributed by atoms with Crippen LogP contribution < -0.4 is 0 Å². The Labute approximate surface area is 101 Å². The molecule has 1 aromatic heterocycles. The van der Waals surface area contributed by atoms with Crippen LogP contribution in [0, 0.1) is 12.8 Å². The van der Waals surface area contributed by atoms with Crippen molar-refractivity contribution in [2.75, 3.05) is 0 Å². The van der Waals surface area contributed by atoms with Crippen LogP contribution >= 0.6 is 11.6 Å². The first-order valence-electron chi connectivity index (χ1n) is 5.61. The van der Waals surface area contributed by atoms with Gasteiger partial charge in [-0.3, -0.25) is 0 Å². The second kappa shape index (κ2) is 4.42. The molecule has 0 amide bonds. The van der Waals surface area contributed by atoms with Crippen LogP contribution in [0.15, 0.2) is 24.4 Å². The van der Waals surface area contributed by atoms with Crippen LogP contribution in [-0.2, 0) is 6.42 Å². The largest absolute Gasteiger partial charge is 0.244 e. The second-order valence-electron chi connectivity index (χ2n) is 4.71. The van der Waals surface area contributed by atoms with E-state index < -0.39 is 0 Å². The van der Waals surface area contributed by atoms with Gasteiger partial charge in [0.2, 0.25) is 0 Å². The van der Waals surface area contributed by atoms with Crippen molar-refractivity contribution >= 4 is 22.4 Å². The molecular formula is C14H16ClN. The van der Waals surface area contributed by atoms with Crippen molar-refractivity contribution < 1.29 is 0 Å². The van der Waals surface area contributed by atoms with Crippen LogP contribution in [0.2, 0.25) is 5.15 Å². The fraction of sp³-hybridized carbons (Fsp3) is 0.357. The Balaban J connectivity index is 2.57. The molecule has 1 aromatic carbocycles. The van der Waals surface area contributed by atoms with Crippen LogP contribution in [0.1, 0.15) is 25.0 Å². The summed E-state index contributed by atoms with van der Waals surface area (Å²) in [6.45, 7) is 6.54. The van der Waals surface area contributed by atoms with E-state index in [-0.39, 0.29) is 0 Å². The highest BCUT2D eigenvalue weighted by Gasteiger charge is 2.05. The lowest BCUT2D eigenvalue weighted by Gasteiger charge is -2.08. The molecule has 2 heteroatoms. The van der Waals surface area contributed by atoms with E-state index in [1.165, 1.54) is 16.5 Å². The highest BCUT2D eigenvalue weighted by molar-refractivity contribution is 6.34. The molecule has 0 saturated heterocycles. The molecule has 2 rings (SSSR count). The summed E-state index contributed by atoms with van der Waals surface area (Å²) in [6, 6.07) is 6.46. The van der Waals surface area contributed by atoms with Crippen LogP contribution in [0.4, 0.5) is 0 Å². The predicted octanol–water partition coefficient (Wildman–Crippen LogP) is 4.40. The van der Waals surface area contributed by atoms with Gasteiger partial charge in [-0.25, -0.2) is 4.98 Å². The molecule has 0 atom stereocenters. The van der Waals surface area contributed by atoms with E-state index in [4.69, 9.17) is 11.6 Å². The van der Waals surface area contributed by atoms with Crippen LogP contribution in [0.25, 0.3) is 10.8 Å². The van der Waals surface area contributed by atoms with E-state index in [9.17, 15) is 0 Å². The number of aromatic nitrogens is 1. The van der Waals surface area contributed by atoms with Crippen molar-refractivity contribution in [2.45, 2.75) is 27.2 Å². The summed E-state index contributed by atoms with van der Waals surface area (Å²) < 4.78 is 0. The first kappa shape index (κ1) is 11.4. The lowest BCUT2D eigenvalue weighted by atomic mass is 9.99. The van der Waals surface area contributed by atoms with E-state index >= 15 is 0 Å². The Morgan fingerprint density at radius 1 is 1.25 bits per heavy atom. The predicted molar refractivity (Wildman–Crippen MR) is 70.0 cm³/mol. The summed E-state index contributed by atoms with van der Waals surface area (Å²) in [7, 11) is 0. The van der Waals surface area contributed by atoms with Gasteiger partial charge in [0.25, 0.3) is 0 Å². The summed E-state index contributed by atoms with van der Waals surface area (Å²) in [4.78, 5) is 4.16. The van der Waals surface area contributed by atoms with Gasteiger partial charge < -0.3 is 0 Å². The maximum absolute atomic E-state index is 6.08. The Hall–Kier alpha value is -1.08. The molecule has 0 spiro atoms. The number of benzene rings is 1. The third-order valence-corrected chi connectivity index (χ3v) is 3.05. The van der Waals surface area contributed by atoms with Crippen molar-refractivity contribution in [2.24, 2.45) is 5.92 Å². The van der Waals surface area contributed by atoms with Gasteiger partial charge in [0.05, 0.1) is 0 Å². The monoisotopic (exact) mass is 233 g/mol. The molecule has 0 aliphatic carbocycles. The number of aryl methyl sites for hydroxylation is 1. The molecule has 0 aliphatic heterocycles. The van der Waals surface area contributed by atoms with Crippen LogP contribution in [-0.4, -0.2) is 4.98 Å². The highest BCUT2D eigenvalue weighted by atomic mass is 35.5. The lowest BCUT2D eigenvalue weighted by Crippen LogP contribution is -1.94. The maximum atomic E-state index is 6.08. The lowest BCUT2D eigenvalue weighted by molar-refractivity contribution is 0.648. The third-order valence-electron chi connectivity index (χ3n) is 2.75. The van der Waals surface area contributed by atoms with Gasteiger partial charge in [-0.15, -0.1) is 0 Å². The minimum atomic E-state index is 0.594. The summed E-state index contributed by atoms with van der Waals surface area (Å²) in [5, 5.41) is 2.86. The average molecular weight is 234 g/mol. The zero-order valence-corrected chi connectivity index (χ0v) is 10.7. The summed E-state index contributed by atoms with van der Waals surface area (Å²) in [5.41, 5.74) is 2.55. The molecular weight excluding hydrogens is 218 g/mol. The molecule has 0 fully saturated rings. The topological polar surface area (TPSA) is 12.9 Å². The molecule has 0 aliphatic rings. The molecule has 2 aromatic rings. The Morgan fingerprint density at radius 2 is 2.00 bits per heavy atom. The Bertz CT molecular complexity index is 517. The minimum Gasteiger partial charge on any atom is -0.244 e. The molecule has 84 valence electrons. The fourth-order valence-corrected chi connectivity index (χ4v) is 2.20. The van der Waals surface area contributed by atoms with Gasteiger partial charge in [0.15, 0.2) is 0 Å². The van der Waals surface area contributed by atoms with Gasteiger partial charge in [-0.2, -0.15) is 0 Å². The van der Waals surface area contributed by atoms with E-state index in [0.29, 0.717) is 11.1 Å². The molecule has 0 bridgehead atoms. The number of hydrogen-bond acceptors (Lipinski definition) is 1. The molecule has 0 N–H and O–H groups in total. The third kappa shape index (κ3) is 2.19. The molecule has 1 heterocycles. The van der Waals surface area contributed by atoms with Gasteiger partial charge in [0, 0.05) is 11.6 Å². The van der Waals surface area contributed by atoms with E-state index in [2.05, 4.69) is 44.0 Å². The van der Waals surface area contributed by atoms with Gasteiger partial charge in [-0.05, 0) is 35.8 Å². The highest BCUT2D eigenvalue weighted by Crippen LogP contribution is 2.25. The van der Waals surface area contributed by atoms with E-state index in [0.717, 1.165) is 11.8 Å². The standard InChI is InChI=1S/C14H16ClN/c1-9(2)6-11-4-5-12-13(7-11)10(3)8-16-14(12)15/h4-5,7-9H,6H2,1-3H3. The van der Waals surface area contributed by atoms with E-state index in [1.54, 1.807) is 0 Å². The maximum Gasteiger partial charge on any atom is 0.136 e. The minimum absolute atomic E-state index is 0.594. The molecule has 0 unspecified atom stereocenters. The van der Waals surface area contributed by atoms with Gasteiger partial charge in [-0.1, -0.05) is 43.6 Å². The first-order valence-corrected chi connectivity index (χ1v) is 5.99. The van der Waals surface area contributed by atoms with Crippen molar-refractivity contribution in [1.82, 2.24) is 4.98 Å². The van der Waals surface area contributed by atoms with E-state index in [1.807, 2.05) is 6.20 Å². The van der Waals surface area contributed by atoms with Gasteiger partial charge >= 0.3 is 0 Å². The quantitative estimate of drug-likeness (QED) is 0.701. The second-order valence-corrected chi connectivity index (χ2v) is 5.07. The number of rotatable bonds is 2. The van der Waals surface area contributed by atoms with Crippen molar-refractivity contribution in [3.63, 3.8) is 0 Å². The summed E-state index contributed by atoms with van der Waals surface area (Å²) in [6.07, 6.45) is 2.94. The Kier molecular flexibility index (Phi) is 3.15. The van der Waals surface area contributed by atoms with Crippen molar-refractivity contribution in [3.8, 4) is 0 Å². The molecule has 0 radical (unpaired) electrons. The summed E-state index contributed by atoms with van der Waals surface area (Å²) in [5.74, 6) is 0.676. The SMILES string of the molecule is Cc1cnc(Cl)c2ccc(CC(C)C)cc12. The van der Waals surface area contributed by atoms with Crippen molar-refractivity contribution in [1.29, 1.82) is 0 Å². The van der Waals surface area contributed by atoms with Crippen LogP contribution in [0.5, 0.6) is 0 Å². The zero-order valence-electron chi connectivity index (χ0n) is 9.92. The normalized spacial score (nSPS) is 11.3. The first-order chi connectivity index (χ1) is 7.58. The van der Waals surface area contributed by atoms with Crippen LogP contribution in [0.3, 0.4) is 0 Å². The number of hydrogen-bond donors (Lipinski definition) is 0. The number of nitrogens with zero attached hydrogens (tertiary/aromatic N) is 1. The fourth-order valence-electron chi connectivity index (χ4n) is 1.99. The summed E-state index contributed by atoms with van der Waals surface area (Å²) >= 11 is 6.08. The Morgan fingerprint density at radius 3 is 2.69 bits per heavy atom.